The number of rotatable bonds is 5. The number of carbonyl (C=O) groups is 1. The molecule has 7 nitrogen and oxygen atoms in total. The van der Waals surface area contributed by atoms with E-state index in [1.54, 1.807) is 10.7 Å². The molecule has 0 bridgehead atoms. The molecule has 1 saturated carbocycles. The fourth-order valence-electron chi connectivity index (χ4n) is 3.21. The molecule has 0 spiro atoms. The summed E-state index contributed by atoms with van der Waals surface area (Å²) in [5.41, 5.74) is 1.92. The summed E-state index contributed by atoms with van der Waals surface area (Å²) in [4.78, 5) is 14.7. The van der Waals surface area contributed by atoms with Gasteiger partial charge >= 0.3 is 0 Å². The van der Waals surface area contributed by atoms with E-state index in [0.717, 1.165) is 30.2 Å². The van der Waals surface area contributed by atoms with E-state index in [-0.39, 0.29) is 11.9 Å². The molecule has 2 aromatic heterocycles. The maximum absolute atomic E-state index is 12.9. The Morgan fingerprint density at radius 3 is 2.92 bits per heavy atom. The van der Waals surface area contributed by atoms with Crippen LogP contribution in [0, 0.1) is 12.8 Å². The Morgan fingerprint density at radius 2 is 2.21 bits per heavy atom. The van der Waals surface area contributed by atoms with Gasteiger partial charge in [0.15, 0.2) is 5.76 Å². The molecule has 4 rings (SSSR count). The second kappa shape index (κ2) is 6.05. The van der Waals surface area contributed by atoms with E-state index in [4.69, 9.17) is 9.15 Å². The molecule has 24 heavy (non-hydrogen) atoms. The number of carbonyl (C=O) groups excluding carboxylic acids is 1. The van der Waals surface area contributed by atoms with Crippen molar-refractivity contribution < 1.29 is 13.9 Å². The Labute approximate surface area is 140 Å². The summed E-state index contributed by atoms with van der Waals surface area (Å²) in [7, 11) is 1.89. The molecule has 0 radical (unpaired) electrons. The van der Waals surface area contributed by atoms with Gasteiger partial charge in [-0.3, -0.25) is 9.48 Å². The van der Waals surface area contributed by atoms with Crippen LogP contribution in [0.5, 0.6) is 0 Å². The van der Waals surface area contributed by atoms with Crippen LogP contribution >= 0.6 is 0 Å². The number of fused-ring (bicyclic) bond motifs is 1. The van der Waals surface area contributed by atoms with Crippen LogP contribution in [0.25, 0.3) is 0 Å². The van der Waals surface area contributed by atoms with Crippen molar-refractivity contribution in [1.29, 1.82) is 0 Å². The third-order valence-electron chi connectivity index (χ3n) is 4.79. The molecule has 3 heterocycles. The van der Waals surface area contributed by atoms with Crippen molar-refractivity contribution in [2.45, 2.75) is 32.2 Å². The fraction of sp³-hybridized carbons (Fsp3) is 0.588. The highest BCUT2D eigenvalue weighted by Gasteiger charge is 2.36. The van der Waals surface area contributed by atoms with Crippen LogP contribution in [0.15, 0.2) is 16.5 Å². The van der Waals surface area contributed by atoms with Crippen molar-refractivity contribution in [3.8, 4) is 0 Å². The number of amides is 1. The first-order valence-electron chi connectivity index (χ1n) is 8.47. The third kappa shape index (κ3) is 2.84. The van der Waals surface area contributed by atoms with E-state index in [0.29, 0.717) is 24.8 Å². The second-order valence-corrected chi connectivity index (χ2v) is 6.70. The molecule has 1 aliphatic heterocycles. The van der Waals surface area contributed by atoms with Gasteiger partial charge < -0.3 is 14.1 Å². The largest absolute Gasteiger partial charge is 0.456 e. The third-order valence-corrected chi connectivity index (χ3v) is 4.79. The predicted molar refractivity (Wildman–Crippen MR) is 85.5 cm³/mol. The Kier molecular flexibility index (Phi) is 3.88. The maximum atomic E-state index is 12.9. The summed E-state index contributed by atoms with van der Waals surface area (Å²) in [5, 5.41) is 8.42. The highest BCUT2D eigenvalue weighted by Crippen LogP contribution is 2.32. The zero-order chi connectivity index (χ0) is 16.7. The Bertz CT molecular complexity index is 747. The van der Waals surface area contributed by atoms with E-state index < -0.39 is 0 Å². The molecule has 0 N–H and O–H groups in total. The van der Waals surface area contributed by atoms with Gasteiger partial charge in [0.2, 0.25) is 0 Å². The highest BCUT2D eigenvalue weighted by atomic mass is 16.5. The van der Waals surface area contributed by atoms with Crippen LogP contribution in [0.3, 0.4) is 0 Å². The SMILES string of the molecule is Cc1ccc(C(=O)N2CCc3c(nnn3C)C2COCC2CC2)o1. The number of hydrogen-bond donors (Lipinski definition) is 0. The van der Waals surface area contributed by atoms with E-state index in [1.807, 2.05) is 24.9 Å². The highest BCUT2D eigenvalue weighted by molar-refractivity contribution is 5.92. The van der Waals surface area contributed by atoms with Gasteiger partial charge in [-0.25, -0.2) is 0 Å². The van der Waals surface area contributed by atoms with Gasteiger partial charge in [0.05, 0.1) is 12.3 Å². The average Bonchev–Trinajstić information content (AvgIpc) is 3.18. The molecule has 1 amide bonds. The van der Waals surface area contributed by atoms with Crippen molar-refractivity contribution in [3.63, 3.8) is 0 Å². The number of furan rings is 1. The van der Waals surface area contributed by atoms with Gasteiger partial charge in [-0.15, -0.1) is 5.10 Å². The van der Waals surface area contributed by atoms with Gasteiger partial charge in [-0.05, 0) is 37.8 Å². The summed E-state index contributed by atoms with van der Waals surface area (Å²) < 4.78 is 13.2. The van der Waals surface area contributed by atoms with Crippen molar-refractivity contribution >= 4 is 5.91 Å². The number of ether oxygens (including phenoxy) is 1. The molecule has 7 heteroatoms. The standard InChI is InChI=1S/C17H22N4O3/c1-11-3-6-15(24-11)17(22)21-8-7-13-16(18-19-20(13)2)14(21)10-23-9-12-4-5-12/h3,6,12,14H,4-5,7-10H2,1-2H3. The smallest absolute Gasteiger partial charge is 0.290 e. The molecule has 1 fully saturated rings. The molecule has 128 valence electrons. The molecule has 1 atom stereocenters. The van der Waals surface area contributed by atoms with Gasteiger partial charge in [-0.2, -0.15) is 0 Å². The molecule has 1 aliphatic carbocycles. The van der Waals surface area contributed by atoms with E-state index in [1.165, 1.54) is 12.8 Å². The lowest BCUT2D eigenvalue weighted by Crippen LogP contribution is -2.42. The van der Waals surface area contributed by atoms with Crippen molar-refractivity contribution in [1.82, 2.24) is 19.9 Å². The van der Waals surface area contributed by atoms with Crippen LogP contribution < -0.4 is 0 Å². The minimum Gasteiger partial charge on any atom is -0.456 e. The van der Waals surface area contributed by atoms with E-state index in [2.05, 4.69) is 10.3 Å². The molecular weight excluding hydrogens is 308 g/mol. The molecular formula is C17H22N4O3. The maximum Gasteiger partial charge on any atom is 0.290 e. The second-order valence-electron chi connectivity index (χ2n) is 6.70. The number of aromatic nitrogens is 3. The van der Waals surface area contributed by atoms with Crippen LogP contribution in [0.1, 0.15) is 46.6 Å². The predicted octanol–water partition coefficient (Wildman–Crippen LogP) is 1.88. The fourth-order valence-corrected chi connectivity index (χ4v) is 3.21. The molecule has 2 aromatic rings. The molecule has 0 saturated heterocycles. The van der Waals surface area contributed by atoms with Crippen molar-refractivity contribution in [3.05, 3.63) is 35.0 Å². The van der Waals surface area contributed by atoms with E-state index >= 15 is 0 Å². The lowest BCUT2D eigenvalue weighted by molar-refractivity contribution is 0.0333. The monoisotopic (exact) mass is 330 g/mol. The van der Waals surface area contributed by atoms with Gasteiger partial charge in [0, 0.05) is 26.6 Å². The quantitative estimate of drug-likeness (QED) is 0.837. The normalized spacial score (nSPS) is 20.2. The molecule has 0 aromatic carbocycles. The van der Waals surface area contributed by atoms with Crippen LogP contribution in [0.4, 0.5) is 0 Å². The number of aryl methyl sites for hydroxylation is 2. The summed E-state index contributed by atoms with van der Waals surface area (Å²) in [6.07, 6.45) is 3.23. The van der Waals surface area contributed by atoms with Gasteiger partial charge in [0.25, 0.3) is 5.91 Å². The van der Waals surface area contributed by atoms with Crippen LogP contribution in [-0.2, 0) is 18.2 Å². The molecule has 1 unspecified atom stereocenters. The minimum absolute atomic E-state index is 0.112. The zero-order valence-electron chi connectivity index (χ0n) is 14.1. The van der Waals surface area contributed by atoms with Crippen LogP contribution in [-0.4, -0.2) is 45.6 Å². The average molecular weight is 330 g/mol. The summed E-state index contributed by atoms with van der Waals surface area (Å²) in [6, 6.07) is 3.33. The van der Waals surface area contributed by atoms with Crippen molar-refractivity contribution in [2.75, 3.05) is 19.8 Å². The van der Waals surface area contributed by atoms with E-state index in [9.17, 15) is 4.79 Å². The summed E-state index contributed by atoms with van der Waals surface area (Å²) >= 11 is 0. The zero-order valence-corrected chi connectivity index (χ0v) is 14.1. The van der Waals surface area contributed by atoms with Gasteiger partial charge in [0.1, 0.15) is 17.5 Å². The van der Waals surface area contributed by atoms with Gasteiger partial charge in [-0.1, -0.05) is 5.21 Å². The first kappa shape index (κ1) is 15.4. The lowest BCUT2D eigenvalue weighted by Gasteiger charge is -2.34. The molecule has 2 aliphatic rings. The topological polar surface area (TPSA) is 73.4 Å². The minimum atomic E-state index is -0.209. The Hall–Kier alpha value is -2.15. The summed E-state index contributed by atoms with van der Waals surface area (Å²) in [5.74, 6) is 1.68. The number of nitrogens with zero attached hydrogens (tertiary/aromatic N) is 4. The first-order chi connectivity index (χ1) is 11.6. The number of hydrogen-bond acceptors (Lipinski definition) is 5. The summed E-state index contributed by atoms with van der Waals surface area (Å²) in [6.45, 7) is 3.66. The first-order valence-corrected chi connectivity index (χ1v) is 8.47. The Balaban J connectivity index is 1.57. The lowest BCUT2D eigenvalue weighted by atomic mass is 10.0. The Morgan fingerprint density at radius 1 is 1.38 bits per heavy atom. The van der Waals surface area contributed by atoms with Crippen molar-refractivity contribution in [2.24, 2.45) is 13.0 Å². The van der Waals surface area contributed by atoms with Crippen LogP contribution in [0.2, 0.25) is 0 Å².